The van der Waals surface area contributed by atoms with Crippen LogP contribution in [-0.4, -0.2) is 27.2 Å². The number of nitrogens with zero attached hydrogens (tertiary/aromatic N) is 2. The molecule has 3 rings (SSSR count). The lowest BCUT2D eigenvalue weighted by atomic mass is 9.98. The second kappa shape index (κ2) is 6.89. The number of hydrogen-bond acceptors (Lipinski definition) is 3. The van der Waals surface area contributed by atoms with Crippen molar-refractivity contribution in [3.05, 3.63) is 57.5 Å². The van der Waals surface area contributed by atoms with Gasteiger partial charge in [0.2, 0.25) is 0 Å². The van der Waals surface area contributed by atoms with E-state index in [-0.39, 0.29) is 5.69 Å². The highest BCUT2D eigenvalue weighted by Crippen LogP contribution is 2.50. The Morgan fingerprint density at radius 2 is 1.61 bits per heavy atom. The van der Waals surface area contributed by atoms with Crippen molar-refractivity contribution < 1.29 is 31.4 Å². The minimum Gasteiger partial charge on any atom is -0.368 e. The fraction of sp³-hybridized carbons (Fsp3) is 0.235. The van der Waals surface area contributed by atoms with Crippen molar-refractivity contribution in [3.63, 3.8) is 0 Å². The van der Waals surface area contributed by atoms with Crippen molar-refractivity contribution >= 4 is 27.3 Å². The van der Waals surface area contributed by atoms with Crippen LogP contribution in [0, 0.1) is 6.92 Å². The molecule has 0 radical (unpaired) electrons. The van der Waals surface area contributed by atoms with Crippen molar-refractivity contribution in [3.8, 4) is 16.3 Å². The number of rotatable bonds is 3. The molecule has 3 nitrogen and oxygen atoms in total. The normalized spacial score (nSPS) is 13.2. The van der Waals surface area contributed by atoms with Gasteiger partial charge in [-0.05, 0) is 52.7 Å². The third-order valence-electron chi connectivity index (χ3n) is 4.07. The van der Waals surface area contributed by atoms with Gasteiger partial charge in [0.05, 0.1) is 20.0 Å². The Bertz CT molecular complexity index is 994. The lowest BCUT2D eigenvalue weighted by molar-refractivity contribution is -0.377. The van der Waals surface area contributed by atoms with Crippen LogP contribution in [0.15, 0.2) is 46.3 Å². The minimum absolute atomic E-state index is 0.00748. The van der Waals surface area contributed by atoms with E-state index in [0.29, 0.717) is 26.0 Å². The van der Waals surface area contributed by atoms with E-state index in [1.54, 1.807) is 31.2 Å². The van der Waals surface area contributed by atoms with Crippen molar-refractivity contribution in [1.29, 1.82) is 0 Å². The summed E-state index contributed by atoms with van der Waals surface area (Å²) in [5, 5.41) is 13.3. The Morgan fingerprint density at radius 1 is 1.00 bits per heavy atom. The summed E-state index contributed by atoms with van der Waals surface area (Å²) in [6, 6.07) is 10.2. The largest absolute Gasteiger partial charge is 0.432 e. The summed E-state index contributed by atoms with van der Waals surface area (Å²) in [4.78, 5) is 0.376. The van der Waals surface area contributed by atoms with Gasteiger partial charge in [-0.25, -0.2) is 4.68 Å². The molecule has 1 aromatic carbocycles. The van der Waals surface area contributed by atoms with E-state index in [4.69, 9.17) is 0 Å². The molecule has 0 amide bonds. The Labute approximate surface area is 167 Å². The number of halogens is 7. The number of alkyl halides is 6. The van der Waals surface area contributed by atoms with Crippen molar-refractivity contribution in [1.82, 2.24) is 9.78 Å². The number of aliphatic hydroxyl groups is 1. The molecule has 0 spiro atoms. The first kappa shape index (κ1) is 20.9. The summed E-state index contributed by atoms with van der Waals surface area (Å²) in [5.41, 5.74) is -5.78. The van der Waals surface area contributed by atoms with Crippen LogP contribution in [0.4, 0.5) is 26.3 Å². The second-order valence-corrected chi connectivity index (χ2v) is 8.39. The number of aromatic nitrogens is 2. The smallest absolute Gasteiger partial charge is 0.368 e. The first-order valence-electron chi connectivity index (χ1n) is 7.64. The molecule has 2 heterocycles. The number of aryl methyl sites for hydroxylation is 1. The summed E-state index contributed by atoms with van der Waals surface area (Å²) in [7, 11) is 0. The Kier molecular flexibility index (Phi) is 5.13. The van der Waals surface area contributed by atoms with Gasteiger partial charge in [-0.3, -0.25) is 0 Å². The maximum Gasteiger partial charge on any atom is 0.432 e. The van der Waals surface area contributed by atoms with E-state index < -0.39 is 23.6 Å². The quantitative estimate of drug-likeness (QED) is 0.464. The van der Waals surface area contributed by atoms with Crippen LogP contribution < -0.4 is 0 Å². The number of thiophene rings is 1. The maximum atomic E-state index is 13.3. The third kappa shape index (κ3) is 3.35. The summed E-state index contributed by atoms with van der Waals surface area (Å²) in [5.74, 6) is 0. The molecule has 0 fully saturated rings. The number of hydrogen-bond donors (Lipinski definition) is 1. The first-order chi connectivity index (χ1) is 12.9. The lowest BCUT2D eigenvalue weighted by Gasteiger charge is -2.30. The van der Waals surface area contributed by atoms with Crippen molar-refractivity contribution in [2.24, 2.45) is 0 Å². The van der Waals surface area contributed by atoms with Gasteiger partial charge in [-0.1, -0.05) is 18.2 Å². The van der Waals surface area contributed by atoms with E-state index in [1.807, 2.05) is 0 Å². The van der Waals surface area contributed by atoms with Crippen LogP contribution in [0.5, 0.6) is 0 Å². The minimum atomic E-state index is -6.01. The Hall–Kier alpha value is -1.85. The van der Waals surface area contributed by atoms with Gasteiger partial charge in [0.15, 0.2) is 0 Å². The molecule has 3 aromatic rings. The maximum absolute atomic E-state index is 13.3. The molecule has 2 aromatic heterocycles. The van der Waals surface area contributed by atoms with Crippen LogP contribution in [0.1, 0.15) is 11.3 Å². The van der Waals surface area contributed by atoms with Gasteiger partial charge < -0.3 is 5.11 Å². The highest BCUT2D eigenvalue weighted by molar-refractivity contribution is 9.11. The molecule has 150 valence electrons. The summed E-state index contributed by atoms with van der Waals surface area (Å²) >= 11 is 4.32. The van der Waals surface area contributed by atoms with E-state index in [9.17, 15) is 31.4 Å². The van der Waals surface area contributed by atoms with Crippen molar-refractivity contribution in [2.75, 3.05) is 0 Å². The molecule has 0 atom stereocenters. The van der Waals surface area contributed by atoms with Gasteiger partial charge in [-0.15, -0.1) is 11.3 Å². The summed E-state index contributed by atoms with van der Waals surface area (Å²) in [6.45, 7) is 1.64. The number of para-hydroxylation sites is 1. The molecule has 0 aliphatic carbocycles. The molecule has 1 N–H and O–H groups in total. The monoisotopic (exact) mass is 484 g/mol. The molecule has 0 unspecified atom stereocenters. The zero-order valence-corrected chi connectivity index (χ0v) is 16.3. The predicted octanol–water partition coefficient (Wildman–Crippen LogP) is 5.98. The number of benzene rings is 1. The molecule has 0 aliphatic rings. The van der Waals surface area contributed by atoms with E-state index in [2.05, 4.69) is 21.0 Å². The molecule has 28 heavy (non-hydrogen) atoms. The molecular formula is C17H11BrF6N2OS. The van der Waals surface area contributed by atoms with E-state index >= 15 is 0 Å². The SMILES string of the molecule is Cc1ccccc1-n1nc(C(O)(C(F)(F)F)C(F)(F)F)cc1-c1ccc(Br)s1. The van der Waals surface area contributed by atoms with Crippen molar-refractivity contribution in [2.45, 2.75) is 24.9 Å². The second-order valence-electron chi connectivity index (χ2n) is 5.92. The van der Waals surface area contributed by atoms with Gasteiger partial charge in [0.25, 0.3) is 0 Å². The Balaban J connectivity index is 2.33. The van der Waals surface area contributed by atoms with Gasteiger partial charge >= 0.3 is 18.0 Å². The molecular weight excluding hydrogens is 474 g/mol. The summed E-state index contributed by atoms with van der Waals surface area (Å²) < 4.78 is 81.4. The molecule has 0 aliphatic heterocycles. The molecule has 0 bridgehead atoms. The van der Waals surface area contributed by atoms with Crippen LogP contribution in [0.3, 0.4) is 0 Å². The average Bonchev–Trinajstić information content (AvgIpc) is 3.18. The topological polar surface area (TPSA) is 38.0 Å². The Morgan fingerprint density at radius 3 is 2.11 bits per heavy atom. The highest BCUT2D eigenvalue weighted by atomic mass is 79.9. The van der Waals surface area contributed by atoms with Gasteiger partial charge in [-0.2, -0.15) is 31.4 Å². The molecule has 0 saturated heterocycles. The van der Waals surface area contributed by atoms with Crippen LogP contribution in [-0.2, 0) is 5.60 Å². The summed E-state index contributed by atoms with van der Waals surface area (Å²) in [6.07, 6.45) is -12.0. The van der Waals surface area contributed by atoms with Gasteiger partial charge in [0.1, 0.15) is 5.69 Å². The standard InChI is InChI=1S/C17H11BrF6N2OS/c1-9-4-2-3-5-10(9)26-11(12-6-7-14(18)28-12)8-13(25-26)15(27,16(19,20)21)17(22,23)24/h2-8,27H,1H3. The fourth-order valence-electron chi connectivity index (χ4n) is 2.62. The first-order valence-corrected chi connectivity index (χ1v) is 9.25. The fourth-order valence-corrected chi connectivity index (χ4v) is 4.01. The molecule has 0 saturated carbocycles. The molecule has 11 heteroatoms. The highest BCUT2D eigenvalue weighted by Gasteiger charge is 2.73. The predicted molar refractivity (Wildman–Crippen MR) is 95.3 cm³/mol. The van der Waals surface area contributed by atoms with E-state index in [1.165, 1.54) is 12.1 Å². The zero-order chi connectivity index (χ0) is 20.9. The van der Waals surface area contributed by atoms with Crippen LogP contribution in [0.2, 0.25) is 0 Å². The van der Waals surface area contributed by atoms with Gasteiger partial charge in [0, 0.05) is 0 Å². The third-order valence-corrected chi connectivity index (χ3v) is 5.72. The van der Waals surface area contributed by atoms with E-state index in [0.717, 1.165) is 16.0 Å². The van der Waals surface area contributed by atoms with Crippen LogP contribution in [0.25, 0.3) is 16.3 Å². The average molecular weight is 485 g/mol. The zero-order valence-electron chi connectivity index (χ0n) is 13.9. The van der Waals surface area contributed by atoms with Crippen LogP contribution >= 0.6 is 27.3 Å². The lowest BCUT2D eigenvalue weighted by Crippen LogP contribution is -2.54.